The molecule has 0 spiro atoms. The Morgan fingerprint density at radius 3 is 1.79 bits per heavy atom. The topological polar surface area (TPSA) is 249 Å². The molecule has 2 saturated heterocycles. The van der Waals surface area contributed by atoms with E-state index < -0.39 is 121 Å². The van der Waals surface area contributed by atoms with Crippen molar-refractivity contribution in [1.82, 2.24) is 10.6 Å². The highest BCUT2D eigenvalue weighted by molar-refractivity contribution is 5.90. The van der Waals surface area contributed by atoms with Crippen molar-refractivity contribution < 1.29 is 70.6 Å². The number of halogens is 6. The zero-order valence-corrected chi connectivity index (χ0v) is 35.9. The molecule has 4 amide bonds. The number of anilines is 4. The number of hydrogen-bond donors (Lipinski definition) is 10. The fourth-order valence-corrected chi connectivity index (χ4v) is 7.75. The molecule has 0 aromatic heterocycles. The Morgan fingerprint density at radius 2 is 1.24 bits per heavy atom. The Bertz CT molecular complexity index is 2120. The number of aliphatic hydroxyl groups is 4. The average molecular weight is 947 g/mol. The second kappa shape index (κ2) is 23.6. The van der Waals surface area contributed by atoms with Crippen molar-refractivity contribution in [2.75, 3.05) is 47.6 Å². The third kappa shape index (κ3) is 13.8. The van der Waals surface area contributed by atoms with Crippen LogP contribution in [0.25, 0.3) is 0 Å². The number of nitrogens with one attached hydrogen (secondary N) is 6. The minimum absolute atomic E-state index is 0.0917. The van der Waals surface area contributed by atoms with Gasteiger partial charge in [-0.25, -0.2) is 9.59 Å². The quantitative estimate of drug-likeness (QED) is 0.0398. The van der Waals surface area contributed by atoms with Gasteiger partial charge in [-0.15, -0.1) is 0 Å². The van der Waals surface area contributed by atoms with Crippen LogP contribution >= 0.6 is 0 Å². The number of carbonyl (C=O) groups is 2. The first-order valence-electron chi connectivity index (χ1n) is 21.7. The van der Waals surface area contributed by atoms with Gasteiger partial charge in [-0.1, -0.05) is 70.4 Å². The smallest absolute Gasteiger partial charge is 0.394 e. The molecular formula is C43H56F6N6O11. The monoisotopic (exact) mass is 946 g/mol. The molecule has 0 aliphatic carbocycles. The summed E-state index contributed by atoms with van der Waals surface area (Å²) >= 11 is 0. The van der Waals surface area contributed by atoms with Crippen LogP contribution in [0, 0.1) is 0 Å². The van der Waals surface area contributed by atoms with E-state index in [0.29, 0.717) is 25.1 Å². The number of ether oxygens (including phenoxy) is 3. The van der Waals surface area contributed by atoms with E-state index in [1.54, 1.807) is 0 Å². The second-order valence-electron chi connectivity index (χ2n) is 16.2. The van der Waals surface area contributed by atoms with Crippen molar-refractivity contribution in [1.29, 1.82) is 0 Å². The lowest BCUT2D eigenvalue weighted by atomic mass is 9.93. The molecule has 17 nitrogen and oxygen atoms in total. The number of rotatable bonds is 21. The van der Waals surface area contributed by atoms with Gasteiger partial charge in [0.1, 0.15) is 47.9 Å². The second-order valence-corrected chi connectivity index (χ2v) is 16.2. The summed E-state index contributed by atoms with van der Waals surface area (Å²) in [5.41, 5.74) is -4.92. The van der Waals surface area contributed by atoms with Crippen molar-refractivity contribution in [3.8, 4) is 0 Å². The number of amides is 4. The number of hydrogen-bond acceptors (Lipinski definition) is 13. The van der Waals surface area contributed by atoms with Crippen LogP contribution in [0.5, 0.6) is 0 Å². The molecule has 366 valence electrons. The molecule has 2 heterocycles. The summed E-state index contributed by atoms with van der Waals surface area (Å²) < 4.78 is 98.6. The van der Waals surface area contributed by atoms with Crippen molar-refractivity contribution in [2.45, 2.75) is 132 Å². The lowest BCUT2D eigenvalue weighted by molar-refractivity contribution is -0.291. The molecule has 5 rings (SSSR count). The van der Waals surface area contributed by atoms with Gasteiger partial charge in [0, 0.05) is 17.9 Å². The third-order valence-electron chi connectivity index (χ3n) is 11.3. The maximum absolute atomic E-state index is 13.5. The van der Waals surface area contributed by atoms with Gasteiger partial charge in [-0.2, -0.15) is 26.3 Å². The maximum Gasteiger partial charge on any atom is 0.416 e. The SMILES string of the molecule is CCCCCCCCCCCNc1c(N[C@H]2C(CO)OCC(NC(=O)Nc3cccc(C(F)(F)F)c3)C2O[C@@H]2OC(CO)[C@@H](O)C(O)C2NC(=O)Nc2cccc(C(F)(F)F)c2)c(=O)c1=O. The first kappa shape index (κ1) is 51.9. The van der Waals surface area contributed by atoms with Crippen LogP contribution in [0.1, 0.15) is 75.8 Å². The van der Waals surface area contributed by atoms with Gasteiger partial charge in [0.15, 0.2) is 6.29 Å². The van der Waals surface area contributed by atoms with Gasteiger partial charge in [-0.3, -0.25) is 9.59 Å². The molecule has 0 saturated carbocycles. The van der Waals surface area contributed by atoms with Crippen LogP contribution in [0.4, 0.5) is 58.7 Å². The molecule has 9 atom stereocenters. The highest BCUT2D eigenvalue weighted by Crippen LogP contribution is 2.33. The van der Waals surface area contributed by atoms with E-state index >= 15 is 0 Å². The average Bonchev–Trinajstić information content (AvgIpc) is 3.27. The first-order valence-corrected chi connectivity index (χ1v) is 21.7. The highest BCUT2D eigenvalue weighted by Gasteiger charge is 2.51. The number of carbonyl (C=O) groups excluding carboxylic acids is 2. The summed E-state index contributed by atoms with van der Waals surface area (Å²) in [6, 6.07) is 0.327. The summed E-state index contributed by atoms with van der Waals surface area (Å²) in [6.45, 7) is 0.271. The number of urea groups is 2. The van der Waals surface area contributed by atoms with E-state index in [1.165, 1.54) is 18.9 Å². The molecule has 2 fully saturated rings. The molecule has 3 aromatic carbocycles. The molecule has 23 heteroatoms. The van der Waals surface area contributed by atoms with Gasteiger partial charge in [0.2, 0.25) is 0 Å². The van der Waals surface area contributed by atoms with Gasteiger partial charge in [0.25, 0.3) is 10.9 Å². The lowest BCUT2D eigenvalue weighted by Crippen LogP contribution is -2.69. The predicted molar refractivity (Wildman–Crippen MR) is 229 cm³/mol. The van der Waals surface area contributed by atoms with Gasteiger partial charge in [-0.05, 0) is 42.8 Å². The van der Waals surface area contributed by atoms with E-state index in [-0.39, 0.29) is 22.7 Å². The van der Waals surface area contributed by atoms with Crippen LogP contribution in [0.15, 0.2) is 58.1 Å². The number of aliphatic hydroxyl groups excluding tert-OH is 4. The van der Waals surface area contributed by atoms with Crippen molar-refractivity contribution >= 4 is 34.8 Å². The van der Waals surface area contributed by atoms with Gasteiger partial charge < -0.3 is 66.5 Å². The molecule has 2 aliphatic heterocycles. The summed E-state index contributed by atoms with van der Waals surface area (Å²) in [7, 11) is 0. The Labute approximate surface area is 375 Å². The van der Waals surface area contributed by atoms with Crippen LogP contribution < -0.4 is 42.8 Å². The molecule has 0 bridgehead atoms. The Balaban J connectivity index is 1.41. The van der Waals surface area contributed by atoms with Crippen LogP contribution in [0.3, 0.4) is 0 Å². The van der Waals surface area contributed by atoms with Gasteiger partial charge in [0.05, 0.1) is 43.0 Å². The van der Waals surface area contributed by atoms with E-state index in [4.69, 9.17) is 14.2 Å². The lowest BCUT2D eigenvalue weighted by Gasteiger charge is -2.48. The van der Waals surface area contributed by atoms with Gasteiger partial charge >= 0.3 is 24.4 Å². The Kier molecular flexibility index (Phi) is 18.6. The van der Waals surface area contributed by atoms with E-state index in [9.17, 15) is 65.9 Å². The van der Waals surface area contributed by atoms with Crippen molar-refractivity contribution in [3.05, 3.63) is 80.1 Å². The van der Waals surface area contributed by atoms with Crippen molar-refractivity contribution in [2.24, 2.45) is 0 Å². The van der Waals surface area contributed by atoms with E-state index in [0.717, 1.165) is 68.9 Å². The maximum atomic E-state index is 13.5. The molecule has 10 N–H and O–H groups in total. The fraction of sp³-hybridized carbons (Fsp3) is 0.581. The van der Waals surface area contributed by atoms with Crippen molar-refractivity contribution in [3.63, 3.8) is 0 Å². The third-order valence-corrected chi connectivity index (χ3v) is 11.3. The zero-order chi connectivity index (χ0) is 48.2. The number of unbranched alkanes of at least 4 members (excludes halogenated alkanes) is 8. The summed E-state index contributed by atoms with van der Waals surface area (Å²) in [5.74, 6) is 0. The molecule has 66 heavy (non-hydrogen) atoms. The summed E-state index contributed by atoms with van der Waals surface area (Å²) in [5, 5.41) is 57.7. The van der Waals surface area contributed by atoms with Crippen LogP contribution in [-0.4, -0.2) is 114 Å². The normalized spacial score (nSPS) is 24.7. The highest BCUT2D eigenvalue weighted by atomic mass is 19.4. The first-order chi connectivity index (χ1) is 31.4. The Hall–Kier alpha value is -5.04. The molecule has 6 unspecified atom stereocenters. The Morgan fingerprint density at radius 1 is 0.712 bits per heavy atom. The molecule has 0 radical (unpaired) electrons. The van der Waals surface area contributed by atoms with E-state index in [2.05, 4.69) is 38.8 Å². The fourth-order valence-electron chi connectivity index (χ4n) is 7.75. The minimum Gasteiger partial charge on any atom is -0.394 e. The predicted octanol–water partition coefficient (Wildman–Crippen LogP) is 4.64. The van der Waals surface area contributed by atoms with Crippen LogP contribution in [0.2, 0.25) is 0 Å². The largest absolute Gasteiger partial charge is 0.416 e. The number of benzene rings is 2. The molecular weight excluding hydrogens is 890 g/mol. The minimum atomic E-state index is -4.77. The molecule has 2 aliphatic rings. The zero-order valence-electron chi connectivity index (χ0n) is 35.9. The van der Waals surface area contributed by atoms with E-state index in [1.807, 2.05) is 0 Å². The summed E-state index contributed by atoms with van der Waals surface area (Å²) in [6.07, 6.45) is -10.5. The van der Waals surface area contributed by atoms with Crippen LogP contribution in [-0.2, 0) is 26.6 Å². The standard InChI is InChI=1S/C43H56F6N6O11/c1-2-3-4-5-6-7-8-9-10-17-50-31-32(36(60)35(31)59)54-30-28(20-56)64-22-27(53-40(62)51-25-15-11-13-23(18-25)42(44,45)46)38(30)66-39-33(37(61)34(58)29(21-57)65-39)55-41(63)52-26-16-12-14-24(19-26)43(47,48)49/h11-16,18-19,27-30,33-34,37-39,50,54,56-58,61H,2-10,17,20-22H2,1H3,(H2,51,53,62)(H2,52,55,63)/t27?,28?,29?,30-,33?,34+,37?,38?,39-/m0/s1. The molecule has 3 aromatic rings. The summed E-state index contributed by atoms with van der Waals surface area (Å²) in [4.78, 5) is 52.7. The number of alkyl halides is 6.